The molecule has 0 bridgehead atoms. The average molecular weight is 335 g/mol. The van der Waals surface area contributed by atoms with Gasteiger partial charge in [-0.15, -0.1) is 0 Å². The molecule has 0 aliphatic rings. The normalized spacial score (nSPS) is 10.6. The van der Waals surface area contributed by atoms with E-state index < -0.39 is 0 Å². The molecule has 0 aromatic heterocycles. The third-order valence-corrected chi connectivity index (χ3v) is 3.97. The van der Waals surface area contributed by atoms with Gasteiger partial charge in [0.05, 0.1) is 4.47 Å². The number of hydrogen-bond acceptors (Lipinski definition) is 1. The van der Waals surface area contributed by atoms with Crippen molar-refractivity contribution < 1.29 is 9.18 Å². The summed E-state index contributed by atoms with van der Waals surface area (Å²) in [4.78, 5) is 12.1. The minimum Gasteiger partial charge on any atom is -0.299 e. The number of carbonyl (C=O) groups excluding carboxylic acids is 1. The molecule has 2 aromatic carbocycles. The molecule has 0 fully saturated rings. The lowest BCUT2D eigenvalue weighted by Gasteiger charge is -2.06. The zero-order valence-corrected chi connectivity index (χ0v) is 13.1. The van der Waals surface area contributed by atoms with Gasteiger partial charge in [-0.05, 0) is 64.2 Å². The monoisotopic (exact) mass is 334 g/mol. The van der Waals surface area contributed by atoms with Crippen LogP contribution < -0.4 is 0 Å². The van der Waals surface area contributed by atoms with E-state index in [0.29, 0.717) is 17.3 Å². The molecule has 0 atom stereocenters. The lowest BCUT2D eigenvalue weighted by molar-refractivity contribution is -0.117. The minimum absolute atomic E-state index is 0.131. The van der Waals surface area contributed by atoms with Crippen molar-refractivity contribution in [2.75, 3.05) is 0 Å². The van der Waals surface area contributed by atoms with Gasteiger partial charge in [0, 0.05) is 12.8 Å². The molecule has 0 aliphatic carbocycles. The van der Waals surface area contributed by atoms with Crippen LogP contribution in [-0.4, -0.2) is 5.78 Å². The zero-order chi connectivity index (χ0) is 14.7. The minimum atomic E-state index is -0.310. The number of rotatable bonds is 4. The first kappa shape index (κ1) is 14.9. The average Bonchev–Trinajstić information content (AvgIpc) is 2.38. The Labute approximate surface area is 127 Å². The molecule has 0 saturated heterocycles. The lowest BCUT2D eigenvalue weighted by Crippen LogP contribution is -2.07. The zero-order valence-electron chi connectivity index (χ0n) is 11.5. The molecule has 0 amide bonds. The van der Waals surface area contributed by atoms with Crippen LogP contribution in [0.4, 0.5) is 4.39 Å². The van der Waals surface area contributed by atoms with Gasteiger partial charge in [0.15, 0.2) is 0 Å². The second-order valence-electron chi connectivity index (χ2n) is 5.06. The van der Waals surface area contributed by atoms with Gasteiger partial charge in [-0.3, -0.25) is 4.79 Å². The number of hydrogen-bond donors (Lipinski definition) is 0. The first-order valence-electron chi connectivity index (χ1n) is 6.47. The van der Waals surface area contributed by atoms with Crippen molar-refractivity contribution in [1.82, 2.24) is 0 Å². The van der Waals surface area contributed by atoms with Crippen molar-refractivity contribution in [3.63, 3.8) is 0 Å². The third kappa shape index (κ3) is 3.76. The van der Waals surface area contributed by atoms with Gasteiger partial charge in [-0.2, -0.15) is 0 Å². The Bertz CT molecular complexity index is 594. The molecular weight excluding hydrogens is 319 g/mol. The van der Waals surface area contributed by atoms with Gasteiger partial charge in [0.1, 0.15) is 11.6 Å². The molecule has 0 N–H and O–H groups in total. The quantitative estimate of drug-likeness (QED) is 0.801. The van der Waals surface area contributed by atoms with Crippen molar-refractivity contribution in [3.8, 4) is 0 Å². The summed E-state index contributed by atoms with van der Waals surface area (Å²) in [7, 11) is 0. The summed E-state index contributed by atoms with van der Waals surface area (Å²) in [6.45, 7) is 4.09. The molecule has 0 radical (unpaired) electrons. The largest absolute Gasteiger partial charge is 0.299 e. The van der Waals surface area contributed by atoms with E-state index in [-0.39, 0.29) is 11.6 Å². The van der Waals surface area contributed by atoms with Crippen molar-refractivity contribution >= 4 is 21.7 Å². The number of aryl methyl sites for hydroxylation is 2. The number of halogens is 2. The fourth-order valence-corrected chi connectivity index (χ4v) is 2.51. The van der Waals surface area contributed by atoms with E-state index in [2.05, 4.69) is 22.9 Å². The molecule has 1 nitrogen and oxygen atoms in total. The van der Waals surface area contributed by atoms with Crippen LogP contribution in [-0.2, 0) is 17.6 Å². The SMILES string of the molecule is Cc1ccc(CC(=O)Cc2ccc(F)c(Br)c2)cc1C. The van der Waals surface area contributed by atoms with E-state index in [0.717, 1.165) is 11.1 Å². The first-order valence-corrected chi connectivity index (χ1v) is 7.27. The topological polar surface area (TPSA) is 17.1 Å². The Balaban J connectivity index is 2.04. The third-order valence-electron chi connectivity index (χ3n) is 3.36. The molecule has 2 rings (SSSR count). The van der Waals surface area contributed by atoms with Gasteiger partial charge in [0.2, 0.25) is 0 Å². The van der Waals surface area contributed by atoms with Gasteiger partial charge in [-0.25, -0.2) is 4.39 Å². The fraction of sp³-hybridized carbons (Fsp3) is 0.235. The number of benzene rings is 2. The van der Waals surface area contributed by atoms with E-state index in [1.807, 2.05) is 25.1 Å². The summed E-state index contributed by atoms with van der Waals surface area (Å²) in [6, 6.07) is 10.8. The predicted molar refractivity (Wildman–Crippen MR) is 82.4 cm³/mol. The van der Waals surface area contributed by atoms with Crippen LogP contribution in [0.2, 0.25) is 0 Å². The Morgan fingerprint density at radius 1 is 1.00 bits per heavy atom. The smallest absolute Gasteiger partial charge is 0.141 e. The highest BCUT2D eigenvalue weighted by Gasteiger charge is 2.08. The van der Waals surface area contributed by atoms with Crippen LogP contribution in [0.3, 0.4) is 0 Å². The number of ketones is 1. The Morgan fingerprint density at radius 2 is 1.60 bits per heavy atom. The second-order valence-corrected chi connectivity index (χ2v) is 5.91. The fourth-order valence-electron chi connectivity index (χ4n) is 2.08. The Hall–Kier alpha value is -1.48. The summed E-state index contributed by atoms with van der Waals surface area (Å²) >= 11 is 3.13. The predicted octanol–water partition coefficient (Wildman–Crippen LogP) is 4.56. The van der Waals surface area contributed by atoms with E-state index in [1.165, 1.54) is 17.2 Å². The maximum absolute atomic E-state index is 13.1. The molecule has 0 spiro atoms. The Morgan fingerprint density at radius 3 is 2.20 bits per heavy atom. The van der Waals surface area contributed by atoms with Crippen LogP contribution in [0, 0.1) is 19.7 Å². The van der Waals surface area contributed by atoms with E-state index in [4.69, 9.17) is 0 Å². The first-order chi connectivity index (χ1) is 9.45. The summed E-state index contributed by atoms with van der Waals surface area (Å²) in [5, 5.41) is 0. The molecule has 0 aliphatic heterocycles. The van der Waals surface area contributed by atoms with Crippen LogP contribution in [0.15, 0.2) is 40.9 Å². The van der Waals surface area contributed by atoms with Crippen molar-refractivity contribution in [2.24, 2.45) is 0 Å². The molecule has 0 heterocycles. The number of Topliss-reactive ketones (excluding diaryl/α,β-unsaturated/α-hetero) is 1. The van der Waals surface area contributed by atoms with Crippen LogP contribution >= 0.6 is 15.9 Å². The number of carbonyl (C=O) groups is 1. The summed E-state index contributed by atoms with van der Waals surface area (Å²) in [6.07, 6.45) is 0.738. The van der Waals surface area contributed by atoms with Crippen molar-refractivity contribution in [2.45, 2.75) is 26.7 Å². The highest BCUT2D eigenvalue weighted by molar-refractivity contribution is 9.10. The van der Waals surface area contributed by atoms with Gasteiger partial charge in [0.25, 0.3) is 0 Å². The Kier molecular flexibility index (Phi) is 4.71. The van der Waals surface area contributed by atoms with Crippen molar-refractivity contribution in [1.29, 1.82) is 0 Å². The summed E-state index contributed by atoms with van der Waals surface area (Å²) in [5.74, 6) is -0.179. The van der Waals surface area contributed by atoms with Crippen LogP contribution in [0.1, 0.15) is 22.3 Å². The molecule has 104 valence electrons. The van der Waals surface area contributed by atoms with Crippen LogP contribution in [0.5, 0.6) is 0 Å². The van der Waals surface area contributed by atoms with Crippen LogP contribution in [0.25, 0.3) is 0 Å². The van der Waals surface area contributed by atoms with E-state index >= 15 is 0 Å². The summed E-state index contributed by atoms with van der Waals surface area (Å²) in [5.41, 5.74) is 4.27. The lowest BCUT2D eigenvalue weighted by atomic mass is 9.99. The van der Waals surface area contributed by atoms with Gasteiger partial charge in [-0.1, -0.05) is 24.3 Å². The maximum atomic E-state index is 13.1. The molecule has 3 heteroatoms. The highest BCUT2D eigenvalue weighted by Crippen LogP contribution is 2.18. The standard InChI is InChI=1S/C17H16BrFO/c1-11-3-4-13(7-12(11)2)8-15(20)9-14-5-6-17(19)16(18)10-14/h3-7,10H,8-9H2,1-2H3. The molecular formula is C17H16BrFO. The van der Waals surface area contributed by atoms with Gasteiger partial charge >= 0.3 is 0 Å². The molecule has 20 heavy (non-hydrogen) atoms. The van der Waals surface area contributed by atoms with E-state index in [1.54, 1.807) is 12.1 Å². The van der Waals surface area contributed by atoms with Crippen molar-refractivity contribution in [3.05, 3.63) is 68.9 Å². The molecule has 2 aromatic rings. The molecule has 0 unspecified atom stereocenters. The van der Waals surface area contributed by atoms with Gasteiger partial charge < -0.3 is 0 Å². The van der Waals surface area contributed by atoms with E-state index in [9.17, 15) is 9.18 Å². The maximum Gasteiger partial charge on any atom is 0.141 e. The molecule has 0 saturated carbocycles. The second kappa shape index (κ2) is 6.31. The summed E-state index contributed by atoms with van der Waals surface area (Å²) < 4.78 is 13.5. The highest BCUT2D eigenvalue weighted by atomic mass is 79.9.